The van der Waals surface area contributed by atoms with Gasteiger partial charge in [0, 0.05) is 10.8 Å². The molecule has 1 N–H and O–H groups in total. The summed E-state index contributed by atoms with van der Waals surface area (Å²) in [7, 11) is -3.76. The van der Waals surface area contributed by atoms with Gasteiger partial charge >= 0.3 is 5.97 Å². The van der Waals surface area contributed by atoms with Crippen molar-refractivity contribution in [1.82, 2.24) is 4.72 Å². The Balaban J connectivity index is 2.45. The quantitative estimate of drug-likeness (QED) is 0.764. The van der Waals surface area contributed by atoms with E-state index >= 15 is 0 Å². The molecule has 0 radical (unpaired) electrons. The van der Waals surface area contributed by atoms with Crippen molar-refractivity contribution in [3.8, 4) is 0 Å². The lowest BCUT2D eigenvalue weighted by Gasteiger charge is -2.16. The van der Waals surface area contributed by atoms with Crippen molar-refractivity contribution in [2.45, 2.75) is 20.8 Å². The maximum absolute atomic E-state index is 11.7. The van der Waals surface area contributed by atoms with Crippen LogP contribution in [0, 0.1) is 5.41 Å². The van der Waals surface area contributed by atoms with Gasteiger partial charge < -0.3 is 4.74 Å². The first-order valence-corrected chi connectivity index (χ1v) is 8.56. The van der Waals surface area contributed by atoms with Crippen molar-refractivity contribution in [2.24, 2.45) is 5.41 Å². The molecule has 23 heavy (non-hydrogen) atoms. The topological polar surface area (TPSA) is 89.5 Å². The van der Waals surface area contributed by atoms with Gasteiger partial charge in [-0.05, 0) is 11.6 Å². The number of hydrogen-bond donors (Lipinski definition) is 1. The molecule has 7 heteroatoms. The highest BCUT2D eigenvalue weighted by molar-refractivity contribution is 7.92. The fourth-order valence-corrected chi connectivity index (χ4v) is 2.11. The summed E-state index contributed by atoms with van der Waals surface area (Å²) in [6, 6.07) is 8.88. The minimum Gasteiger partial charge on any atom is -0.457 e. The Labute approximate surface area is 136 Å². The molecule has 0 aromatic heterocycles. The lowest BCUT2D eigenvalue weighted by molar-refractivity contribution is -0.148. The average molecular weight is 339 g/mol. The fraction of sp³-hybridized carbons (Fsp3) is 0.375. The number of benzene rings is 1. The molecule has 1 aromatic rings. The van der Waals surface area contributed by atoms with Crippen molar-refractivity contribution in [1.29, 1.82) is 0 Å². The largest absolute Gasteiger partial charge is 0.457 e. The SMILES string of the molecule is CC(C)(C)C(=O)COC(=O)CNS(=O)(=O)/C=C/c1ccccc1. The van der Waals surface area contributed by atoms with Crippen LogP contribution in [0.2, 0.25) is 0 Å². The van der Waals surface area contributed by atoms with Crippen molar-refractivity contribution >= 4 is 27.9 Å². The molecule has 6 nitrogen and oxygen atoms in total. The zero-order valence-corrected chi connectivity index (χ0v) is 14.2. The maximum Gasteiger partial charge on any atom is 0.321 e. The van der Waals surface area contributed by atoms with Crippen LogP contribution in [0.3, 0.4) is 0 Å². The standard InChI is InChI=1S/C16H21NO5S/c1-16(2,3)14(18)12-22-15(19)11-17-23(20,21)10-9-13-7-5-4-6-8-13/h4-10,17H,11-12H2,1-3H3/b10-9+. The van der Waals surface area contributed by atoms with Gasteiger partial charge in [0.25, 0.3) is 0 Å². The predicted molar refractivity (Wildman–Crippen MR) is 87.8 cm³/mol. The Morgan fingerprint density at radius 1 is 1.17 bits per heavy atom. The Hall–Kier alpha value is -1.99. The summed E-state index contributed by atoms with van der Waals surface area (Å²) >= 11 is 0. The highest BCUT2D eigenvalue weighted by Gasteiger charge is 2.22. The molecule has 0 spiro atoms. The van der Waals surface area contributed by atoms with E-state index in [-0.39, 0.29) is 12.4 Å². The van der Waals surface area contributed by atoms with Crippen LogP contribution in [0.25, 0.3) is 6.08 Å². The Morgan fingerprint density at radius 2 is 1.78 bits per heavy atom. The van der Waals surface area contributed by atoms with Crippen molar-refractivity contribution in [2.75, 3.05) is 13.2 Å². The van der Waals surface area contributed by atoms with E-state index in [2.05, 4.69) is 4.72 Å². The van der Waals surface area contributed by atoms with Crippen LogP contribution in [-0.4, -0.2) is 33.3 Å². The normalized spacial score (nSPS) is 12.3. The fourth-order valence-electron chi connectivity index (χ4n) is 1.35. The summed E-state index contributed by atoms with van der Waals surface area (Å²) in [5, 5.41) is 0.968. The molecule has 0 aliphatic carbocycles. The number of carbonyl (C=O) groups excluding carboxylic acids is 2. The first kappa shape index (κ1) is 19.1. The van der Waals surface area contributed by atoms with E-state index in [9.17, 15) is 18.0 Å². The summed E-state index contributed by atoms with van der Waals surface area (Å²) < 4.78 is 30.3. The minimum atomic E-state index is -3.76. The minimum absolute atomic E-state index is 0.238. The van der Waals surface area contributed by atoms with E-state index in [4.69, 9.17) is 4.74 Å². The van der Waals surface area contributed by atoms with Crippen molar-refractivity contribution in [3.05, 3.63) is 41.3 Å². The van der Waals surface area contributed by atoms with Gasteiger partial charge in [-0.3, -0.25) is 9.59 Å². The number of rotatable bonds is 7. The summed E-state index contributed by atoms with van der Waals surface area (Å²) in [6.07, 6.45) is 1.41. The van der Waals surface area contributed by atoms with E-state index < -0.39 is 28.0 Å². The molecule has 0 saturated heterocycles. The second kappa shape index (κ2) is 8.03. The number of hydrogen-bond acceptors (Lipinski definition) is 5. The number of sulfonamides is 1. The molecule has 0 aliphatic rings. The smallest absolute Gasteiger partial charge is 0.321 e. The summed E-state index contributed by atoms with van der Waals surface area (Å²) in [4.78, 5) is 23.1. The molecule has 0 bridgehead atoms. The molecule has 1 aromatic carbocycles. The predicted octanol–water partition coefficient (Wildman–Crippen LogP) is 1.74. The van der Waals surface area contributed by atoms with Gasteiger partial charge in [0.15, 0.2) is 12.4 Å². The first-order chi connectivity index (χ1) is 10.6. The molecule has 0 fully saturated rings. The van der Waals surface area contributed by atoms with Crippen molar-refractivity contribution < 1.29 is 22.7 Å². The van der Waals surface area contributed by atoms with Gasteiger partial charge in [-0.2, -0.15) is 0 Å². The lowest BCUT2D eigenvalue weighted by atomic mass is 9.91. The molecule has 0 heterocycles. The number of ether oxygens (including phenoxy) is 1. The molecule has 0 saturated carbocycles. The first-order valence-electron chi connectivity index (χ1n) is 7.02. The Bertz CT molecular complexity index is 672. The van der Waals surface area contributed by atoms with Gasteiger partial charge in [0.05, 0.1) is 0 Å². The number of esters is 1. The number of carbonyl (C=O) groups is 2. The number of ketones is 1. The van der Waals surface area contributed by atoms with Gasteiger partial charge in [-0.15, -0.1) is 0 Å². The van der Waals surface area contributed by atoms with Gasteiger partial charge in [0.1, 0.15) is 6.54 Å². The van der Waals surface area contributed by atoms with Gasteiger partial charge in [0.2, 0.25) is 10.0 Å². The Kier molecular flexibility index (Phi) is 6.65. The molecule has 1 rings (SSSR count). The lowest BCUT2D eigenvalue weighted by Crippen LogP contribution is -2.32. The highest BCUT2D eigenvalue weighted by atomic mass is 32.2. The molecular formula is C16H21NO5S. The van der Waals surface area contributed by atoms with Crippen LogP contribution in [0.15, 0.2) is 35.7 Å². The summed E-state index contributed by atoms with van der Waals surface area (Å²) in [5.41, 5.74) is 0.106. The second-order valence-corrected chi connectivity index (χ2v) is 7.56. The molecule has 0 atom stereocenters. The third-order valence-electron chi connectivity index (χ3n) is 2.86. The number of nitrogens with one attached hydrogen (secondary N) is 1. The van der Waals surface area contributed by atoms with Crippen molar-refractivity contribution in [3.63, 3.8) is 0 Å². The van der Waals surface area contributed by atoms with E-state index in [0.29, 0.717) is 0 Å². The van der Waals surface area contributed by atoms with E-state index in [1.165, 1.54) is 6.08 Å². The van der Waals surface area contributed by atoms with Crippen LogP contribution in [-0.2, 0) is 24.3 Å². The zero-order chi connectivity index (χ0) is 17.5. The van der Waals surface area contributed by atoms with Gasteiger partial charge in [-0.1, -0.05) is 51.1 Å². The van der Waals surface area contributed by atoms with E-state index in [1.54, 1.807) is 45.0 Å². The van der Waals surface area contributed by atoms with E-state index in [1.807, 2.05) is 6.07 Å². The monoisotopic (exact) mass is 339 g/mol. The third-order valence-corrected chi connectivity index (χ3v) is 3.90. The molecular weight excluding hydrogens is 318 g/mol. The number of Topliss-reactive ketones (excluding diaryl/α,β-unsaturated/α-hetero) is 1. The molecule has 0 aliphatic heterocycles. The molecule has 0 amide bonds. The molecule has 126 valence electrons. The van der Waals surface area contributed by atoms with Crippen LogP contribution in [0.5, 0.6) is 0 Å². The summed E-state index contributed by atoms with van der Waals surface area (Å²) in [6.45, 7) is 4.23. The molecule has 0 unspecified atom stereocenters. The maximum atomic E-state index is 11.7. The van der Waals surface area contributed by atoms with E-state index in [0.717, 1.165) is 11.0 Å². The van der Waals surface area contributed by atoms with Crippen LogP contribution < -0.4 is 4.72 Å². The van der Waals surface area contributed by atoms with Gasteiger partial charge in [-0.25, -0.2) is 13.1 Å². The van der Waals surface area contributed by atoms with Crippen LogP contribution in [0.1, 0.15) is 26.3 Å². The average Bonchev–Trinajstić information content (AvgIpc) is 2.49. The highest BCUT2D eigenvalue weighted by Crippen LogP contribution is 2.14. The Morgan fingerprint density at radius 3 is 2.35 bits per heavy atom. The second-order valence-electron chi connectivity index (χ2n) is 5.91. The summed E-state index contributed by atoms with van der Waals surface area (Å²) in [5.74, 6) is -1.04. The zero-order valence-electron chi connectivity index (χ0n) is 13.4. The van der Waals surface area contributed by atoms with Crippen LogP contribution >= 0.6 is 0 Å². The third kappa shape index (κ3) is 7.71. The van der Waals surface area contributed by atoms with Crippen LogP contribution in [0.4, 0.5) is 0 Å².